The Morgan fingerprint density at radius 2 is 1.84 bits per heavy atom. The summed E-state index contributed by atoms with van der Waals surface area (Å²) >= 11 is 1.38. The van der Waals surface area contributed by atoms with Crippen molar-refractivity contribution in [1.82, 2.24) is 24.8 Å². The van der Waals surface area contributed by atoms with Crippen molar-refractivity contribution in [1.29, 1.82) is 0 Å². The van der Waals surface area contributed by atoms with Crippen molar-refractivity contribution in [3.05, 3.63) is 63.9 Å². The molecule has 0 aliphatic heterocycles. The van der Waals surface area contributed by atoms with E-state index in [2.05, 4.69) is 15.4 Å². The Morgan fingerprint density at radius 1 is 1.03 bits per heavy atom. The fourth-order valence-corrected chi connectivity index (χ4v) is 3.76. The molecule has 0 bridgehead atoms. The molecule has 2 aromatic heterocycles. The number of hydrogen-bond donors (Lipinski definition) is 0. The van der Waals surface area contributed by atoms with Gasteiger partial charge in [-0.3, -0.25) is 0 Å². The summed E-state index contributed by atoms with van der Waals surface area (Å²) in [6.45, 7) is 2.51. The lowest BCUT2D eigenvalue weighted by Crippen LogP contribution is -2.23. The molecule has 0 unspecified atom stereocenters. The molecule has 0 N–H and O–H groups in total. The van der Waals surface area contributed by atoms with Crippen LogP contribution >= 0.6 is 11.3 Å². The van der Waals surface area contributed by atoms with Crippen molar-refractivity contribution < 1.29 is 14.2 Å². The minimum Gasteiger partial charge on any atom is -0.496 e. The number of methoxy groups -OCH3 is 1. The van der Waals surface area contributed by atoms with E-state index in [4.69, 9.17) is 14.2 Å². The van der Waals surface area contributed by atoms with E-state index >= 15 is 0 Å². The molecule has 10 heteroatoms. The first-order chi connectivity index (χ1) is 15.1. The summed E-state index contributed by atoms with van der Waals surface area (Å²) in [5.41, 5.74) is 2.52. The molecule has 0 saturated carbocycles. The highest BCUT2D eigenvalue weighted by atomic mass is 32.1. The van der Waals surface area contributed by atoms with E-state index in [-0.39, 0.29) is 12.3 Å². The van der Waals surface area contributed by atoms with Gasteiger partial charge in [0.2, 0.25) is 0 Å². The highest BCUT2D eigenvalue weighted by Crippen LogP contribution is 2.33. The second-order valence-corrected chi connectivity index (χ2v) is 7.29. The van der Waals surface area contributed by atoms with Crippen LogP contribution in [-0.4, -0.2) is 38.5 Å². The number of thiazole rings is 1. The maximum absolute atomic E-state index is 12.4. The van der Waals surface area contributed by atoms with Gasteiger partial charge in [-0.2, -0.15) is 9.36 Å². The molecule has 0 amide bonds. The standard InChI is InChI=1S/C21H21N5O4S/c1-4-29-19-11-7-9-17(26-21(27)25(2)23-24-26)15(19)12-30-20-22-16(13-31-20)14-8-5-6-10-18(14)28-3/h5-11,13H,4,12H2,1-3H3. The monoisotopic (exact) mass is 439 g/mol. The Bertz CT molecular complexity index is 1250. The summed E-state index contributed by atoms with van der Waals surface area (Å²) in [7, 11) is 3.17. The van der Waals surface area contributed by atoms with E-state index in [1.54, 1.807) is 26.3 Å². The molecule has 31 heavy (non-hydrogen) atoms. The van der Waals surface area contributed by atoms with Gasteiger partial charge in [0.25, 0.3) is 5.19 Å². The molecule has 0 fully saturated rings. The van der Waals surface area contributed by atoms with E-state index in [9.17, 15) is 4.79 Å². The molecule has 4 rings (SSSR count). The number of tetrazole rings is 1. The Labute approximate surface area is 182 Å². The van der Waals surface area contributed by atoms with Crippen molar-refractivity contribution in [2.24, 2.45) is 7.05 Å². The lowest BCUT2D eigenvalue weighted by molar-refractivity contribution is 0.284. The first-order valence-electron chi connectivity index (χ1n) is 9.58. The van der Waals surface area contributed by atoms with Crippen LogP contribution in [0.15, 0.2) is 52.6 Å². The zero-order valence-electron chi connectivity index (χ0n) is 17.3. The molecule has 2 heterocycles. The number of aromatic nitrogens is 5. The Kier molecular flexibility index (Phi) is 5.99. The number of aryl methyl sites for hydroxylation is 1. The van der Waals surface area contributed by atoms with Crippen molar-refractivity contribution in [3.8, 4) is 33.6 Å². The molecule has 0 spiro atoms. The molecule has 160 valence electrons. The SMILES string of the molecule is CCOc1cccc(-n2nnn(C)c2=O)c1COc1nc(-c2ccccc2OC)cs1. The molecule has 9 nitrogen and oxygen atoms in total. The molecule has 2 aromatic carbocycles. The predicted octanol–water partition coefficient (Wildman–Crippen LogP) is 3.08. The predicted molar refractivity (Wildman–Crippen MR) is 116 cm³/mol. The van der Waals surface area contributed by atoms with Crippen LogP contribution in [0, 0.1) is 0 Å². The maximum Gasteiger partial charge on any atom is 0.368 e. The quantitative estimate of drug-likeness (QED) is 0.416. The van der Waals surface area contributed by atoms with Crippen molar-refractivity contribution in [2.45, 2.75) is 13.5 Å². The number of hydrogen-bond acceptors (Lipinski definition) is 8. The fourth-order valence-electron chi connectivity index (χ4n) is 3.09. The number of rotatable bonds is 8. The lowest BCUT2D eigenvalue weighted by Gasteiger charge is -2.14. The average molecular weight is 439 g/mol. The highest BCUT2D eigenvalue weighted by molar-refractivity contribution is 7.11. The minimum atomic E-state index is -0.359. The largest absolute Gasteiger partial charge is 0.496 e. The van der Waals surface area contributed by atoms with Gasteiger partial charge in [-0.05, 0) is 41.6 Å². The Morgan fingerprint density at radius 3 is 2.58 bits per heavy atom. The van der Waals surface area contributed by atoms with Crippen molar-refractivity contribution in [3.63, 3.8) is 0 Å². The van der Waals surface area contributed by atoms with E-state index in [0.29, 0.717) is 28.8 Å². The average Bonchev–Trinajstić information content (AvgIpc) is 3.40. The number of nitrogens with zero attached hydrogens (tertiary/aromatic N) is 5. The van der Waals surface area contributed by atoms with Gasteiger partial charge in [0, 0.05) is 18.0 Å². The van der Waals surface area contributed by atoms with Crippen LogP contribution < -0.4 is 19.9 Å². The van der Waals surface area contributed by atoms with E-state index < -0.39 is 0 Å². The Balaban J connectivity index is 1.64. The first-order valence-corrected chi connectivity index (χ1v) is 10.5. The third kappa shape index (κ3) is 4.15. The number of ether oxygens (including phenoxy) is 3. The summed E-state index contributed by atoms with van der Waals surface area (Å²) in [4.78, 5) is 17.0. The third-order valence-electron chi connectivity index (χ3n) is 4.56. The molecule has 0 atom stereocenters. The van der Waals surface area contributed by atoms with Crippen LogP contribution in [-0.2, 0) is 13.7 Å². The van der Waals surface area contributed by atoms with Crippen LogP contribution in [0.25, 0.3) is 16.9 Å². The van der Waals surface area contributed by atoms with Crippen LogP contribution in [0.1, 0.15) is 12.5 Å². The normalized spacial score (nSPS) is 10.8. The summed E-state index contributed by atoms with van der Waals surface area (Å²) < 4.78 is 19.5. The summed E-state index contributed by atoms with van der Waals surface area (Å²) in [5, 5.41) is 10.1. The zero-order chi connectivity index (χ0) is 21.8. The van der Waals surface area contributed by atoms with Crippen molar-refractivity contribution in [2.75, 3.05) is 13.7 Å². The highest BCUT2D eigenvalue weighted by Gasteiger charge is 2.17. The van der Waals surface area contributed by atoms with E-state index in [0.717, 1.165) is 17.0 Å². The molecule has 0 aliphatic carbocycles. The van der Waals surface area contributed by atoms with Crippen LogP contribution in [0.2, 0.25) is 0 Å². The van der Waals surface area contributed by atoms with Gasteiger partial charge < -0.3 is 14.2 Å². The van der Waals surface area contributed by atoms with Gasteiger partial charge >= 0.3 is 5.69 Å². The van der Waals surface area contributed by atoms with E-state index in [1.807, 2.05) is 42.6 Å². The van der Waals surface area contributed by atoms with Crippen LogP contribution in [0.5, 0.6) is 16.7 Å². The molecule has 0 saturated heterocycles. The number of benzene rings is 2. The van der Waals surface area contributed by atoms with Crippen LogP contribution in [0.3, 0.4) is 0 Å². The van der Waals surface area contributed by atoms with Crippen molar-refractivity contribution >= 4 is 11.3 Å². The molecule has 4 aromatic rings. The first kappa shape index (κ1) is 20.6. The van der Waals surface area contributed by atoms with Gasteiger partial charge in [0.1, 0.15) is 18.1 Å². The summed E-state index contributed by atoms with van der Waals surface area (Å²) in [5.74, 6) is 1.35. The lowest BCUT2D eigenvalue weighted by atomic mass is 10.1. The summed E-state index contributed by atoms with van der Waals surface area (Å²) in [6.07, 6.45) is 0. The van der Waals surface area contributed by atoms with Gasteiger partial charge in [-0.15, -0.1) is 0 Å². The molecular weight excluding hydrogens is 418 g/mol. The molecule has 0 aliphatic rings. The smallest absolute Gasteiger partial charge is 0.368 e. The van der Waals surface area contributed by atoms with Gasteiger partial charge in [-0.1, -0.05) is 29.5 Å². The van der Waals surface area contributed by atoms with Gasteiger partial charge in [0.05, 0.1) is 30.7 Å². The molecular formula is C21H21N5O4S. The Hall–Kier alpha value is -3.66. The maximum atomic E-state index is 12.4. The molecule has 0 radical (unpaired) electrons. The van der Waals surface area contributed by atoms with E-state index in [1.165, 1.54) is 20.7 Å². The minimum absolute atomic E-state index is 0.146. The second-order valence-electron chi connectivity index (χ2n) is 6.47. The third-order valence-corrected chi connectivity index (χ3v) is 5.32. The van der Waals surface area contributed by atoms with Crippen LogP contribution in [0.4, 0.5) is 0 Å². The zero-order valence-corrected chi connectivity index (χ0v) is 18.1. The van der Waals surface area contributed by atoms with Gasteiger partial charge in [-0.25, -0.2) is 9.78 Å². The second kappa shape index (κ2) is 9.00. The topological polar surface area (TPSA) is 93.3 Å². The van der Waals surface area contributed by atoms with Gasteiger partial charge in [0.15, 0.2) is 0 Å². The fraction of sp³-hybridized carbons (Fsp3) is 0.238. The number of para-hydroxylation sites is 1. The summed E-state index contributed by atoms with van der Waals surface area (Å²) in [6, 6.07) is 13.1.